The molecule has 0 bridgehead atoms. The molecule has 5 nitrogen and oxygen atoms in total. The lowest BCUT2D eigenvalue weighted by Crippen LogP contribution is -2.19. The number of benzene rings is 2. The second-order valence-electron chi connectivity index (χ2n) is 5.50. The van der Waals surface area contributed by atoms with Gasteiger partial charge in [-0.25, -0.2) is 5.43 Å². The maximum Gasteiger partial charge on any atom is 0.244 e. The van der Waals surface area contributed by atoms with Crippen molar-refractivity contribution in [3.63, 3.8) is 0 Å². The molecule has 0 aliphatic carbocycles. The van der Waals surface area contributed by atoms with E-state index in [4.69, 9.17) is 11.2 Å². The Balaban J connectivity index is 1.66. The molecule has 0 fully saturated rings. The number of nitrogens with zero attached hydrogens (tertiary/aromatic N) is 1. The fourth-order valence-corrected chi connectivity index (χ4v) is 2.91. The molecule has 26 heavy (non-hydrogen) atoms. The van der Waals surface area contributed by atoms with Gasteiger partial charge < -0.3 is 9.72 Å². The van der Waals surface area contributed by atoms with Crippen molar-refractivity contribution >= 4 is 39.0 Å². The third kappa shape index (κ3) is 4.32. The van der Waals surface area contributed by atoms with Gasteiger partial charge in [0.05, 0.1) is 12.6 Å². The highest BCUT2D eigenvalue weighted by Gasteiger charge is 2.08. The zero-order valence-corrected chi connectivity index (χ0v) is 15.4. The van der Waals surface area contributed by atoms with E-state index in [9.17, 15) is 4.79 Å². The van der Waals surface area contributed by atoms with Crippen molar-refractivity contribution in [3.8, 4) is 18.1 Å². The van der Waals surface area contributed by atoms with Crippen LogP contribution in [0.1, 0.15) is 11.1 Å². The van der Waals surface area contributed by atoms with Gasteiger partial charge in [0.25, 0.3) is 0 Å². The van der Waals surface area contributed by atoms with E-state index < -0.39 is 0 Å². The number of nitrogens with one attached hydrogen (secondary N) is 2. The van der Waals surface area contributed by atoms with Gasteiger partial charge in [-0.1, -0.05) is 40.0 Å². The molecular weight excluding hydrogens is 394 g/mol. The van der Waals surface area contributed by atoms with Crippen LogP contribution in [0.4, 0.5) is 0 Å². The summed E-state index contributed by atoms with van der Waals surface area (Å²) in [5.74, 6) is 2.82. The van der Waals surface area contributed by atoms with E-state index in [1.807, 2.05) is 42.6 Å². The number of ether oxygens (including phenoxy) is 1. The number of fused-ring (bicyclic) bond motifs is 1. The molecule has 6 heteroatoms. The number of H-pyrrole nitrogens is 1. The molecule has 1 amide bonds. The molecule has 2 aromatic carbocycles. The first-order valence-electron chi connectivity index (χ1n) is 7.90. The zero-order chi connectivity index (χ0) is 18.4. The first kappa shape index (κ1) is 17.8. The Bertz CT molecular complexity index is 1000. The Morgan fingerprint density at radius 1 is 1.35 bits per heavy atom. The molecular formula is C20H16BrN3O2. The molecule has 0 aliphatic heterocycles. The minimum atomic E-state index is -0.202. The highest BCUT2D eigenvalue weighted by atomic mass is 79.9. The standard InChI is InChI=1S/C20H16BrN3O2/c1-2-9-26-19-8-7-16(21)10-15(19)13-23-24-20(25)11-14-12-22-18-6-4-3-5-17(14)18/h1,3-8,10,12-13,22H,9,11H2,(H,24,25)/b23-13+. The molecule has 0 atom stereocenters. The second kappa shape index (κ2) is 8.37. The highest BCUT2D eigenvalue weighted by molar-refractivity contribution is 9.10. The lowest BCUT2D eigenvalue weighted by molar-refractivity contribution is -0.120. The average molecular weight is 410 g/mol. The number of terminal acetylenes is 1. The van der Waals surface area contributed by atoms with Gasteiger partial charge in [0.15, 0.2) is 0 Å². The number of para-hydroxylation sites is 1. The van der Waals surface area contributed by atoms with Crippen LogP contribution in [0.3, 0.4) is 0 Å². The smallest absolute Gasteiger partial charge is 0.244 e. The Labute approximate surface area is 159 Å². The second-order valence-corrected chi connectivity index (χ2v) is 6.42. The maximum absolute atomic E-state index is 12.2. The quantitative estimate of drug-likeness (QED) is 0.370. The average Bonchev–Trinajstić information content (AvgIpc) is 3.04. The van der Waals surface area contributed by atoms with E-state index >= 15 is 0 Å². The molecule has 0 unspecified atom stereocenters. The molecule has 0 saturated heterocycles. The van der Waals surface area contributed by atoms with Gasteiger partial charge in [-0.15, -0.1) is 6.42 Å². The van der Waals surface area contributed by atoms with Crippen LogP contribution in [0.2, 0.25) is 0 Å². The number of aromatic nitrogens is 1. The monoisotopic (exact) mass is 409 g/mol. The Hall–Kier alpha value is -3.04. The van der Waals surface area contributed by atoms with E-state index in [0.29, 0.717) is 11.3 Å². The van der Waals surface area contributed by atoms with Crippen molar-refractivity contribution in [1.29, 1.82) is 0 Å². The van der Waals surface area contributed by atoms with E-state index in [1.165, 1.54) is 6.21 Å². The van der Waals surface area contributed by atoms with Gasteiger partial charge in [0.2, 0.25) is 5.91 Å². The number of amides is 1. The first-order chi connectivity index (χ1) is 12.7. The van der Waals surface area contributed by atoms with E-state index in [0.717, 1.165) is 20.9 Å². The number of aromatic amines is 1. The topological polar surface area (TPSA) is 66.5 Å². The third-order valence-electron chi connectivity index (χ3n) is 3.70. The van der Waals surface area contributed by atoms with Crippen LogP contribution < -0.4 is 10.2 Å². The van der Waals surface area contributed by atoms with Crippen LogP contribution in [-0.4, -0.2) is 23.7 Å². The summed E-state index contributed by atoms with van der Waals surface area (Å²) < 4.78 is 6.34. The molecule has 130 valence electrons. The number of hydrazone groups is 1. The van der Waals surface area contributed by atoms with Crippen molar-refractivity contribution < 1.29 is 9.53 Å². The molecule has 3 rings (SSSR count). The summed E-state index contributed by atoms with van der Waals surface area (Å²) in [7, 11) is 0. The summed E-state index contributed by atoms with van der Waals surface area (Å²) >= 11 is 3.40. The zero-order valence-electron chi connectivity index (χ0n) is 13.8. The van der Waals surface area contributed by atoms with E-state index in [1.54, 1.807) is 6.07 Å². The number of hydrogen-bond acceptors (Lipinski definition) is 3. The Kier molecular flexibility index (Phi) is 5.72. The molecule has 0 radical (unpaired) electrons. The number of rotatable bonds is 6. The first-order valence-corrected chi connectivity index (χ1v) is 8.69. The summed E-state index contributed by atoms with van der Waals surface area (Å²) in [4.78, 5) is 15.3. The van der Waals surface area contributed by atoms with Gasteiger partial charge in [-0.2, -0.15) is 5.10 Å². The fraction of sp³-hybridized carbons (Fsp3) is 0.100. The summed E-state index contributed by atoms with van der Waals surface area (Å²) in [6, 6.07) is 13.3. The number of halogens is 1. The maximum atomic E-state index is 12.2. The molecule has 3 aromatic rings. The molecule has 0 saturated carbocycles. The van der Waals surface area contributed by atoms with Gasteiger partial charge in [-0.05, 0) is 29.8 Å². The van der Waals surface area contributed by atoms with Crippen molar-refractivity contribution in [2.24, 2.45) is 5.10 Å². The van der Waals surface area contributed by atoms with Crippen molar-refractivity contribution in [2.75, 3.05) is 6.61 Å². The lowest BCUT2D eigenvalue weighted by atomic mass is 10.1. The lowest BCUT2D eigenvalue weighted by Gasteiger charge is -2.06. The number of carbonyl (C=O) groups excluding carboxylic acids is 1. The summed E-state index contributed by atoms with van der Waals surface area (Å²) in [6.07, 6.45) is 8.83. The summed E-state index contributed by atoms with van der Waals surface area (Å²) in [5, 5.41) is 5.06. The van der Waals surface area contributed by atoms with Crippen molar-refractivity contribution in [1.82, 2.24) is 10.4 Å². The predicted molar refractivity (Wildman–Crippen MR) is 106 cm³/mol. The van der Waals surface area contributed by atoms with Gasteiger partial charge in [0, 0.05) is 27.1 Å². The summed E-state index contributed by atoms with van der Waals surface area (Å²) in [6.45, 7) is 0.162. The largest absolute Gasteiger partial charge is 0.480 e. The van der Waals surface area contributed by atoms with Crippen LogP contribution in [0.15, 0.2) is 58.2 Å². The molecule has 0 aliphatic rings. The van der Waals surface area contributed by atoms with Crippen LogP contribution in [0, 0.1) is 12.3 Å². The number of hydrogen-bond donors (Lipinski definition) is 2. The van der Waals surface area contributed by atoms with Gasteiger partial charge in [-0.3, -0.25) is 4.79 Å². The van der Waals surface area contributed by atoms with Gasteiger partial charge in [0.1, 0.15) is 12.4 Å². The van der Waals surface area contributed by atoms with E-state index in [-0.39, 0.29) is 18.9 Å². The number of carbonyl (C=O) groups is 1. The van der Waals surface area contributed by atoms with Crippen LogP contribution in [-0.2, 0) is 11.2 Å². The van der Waals surface area contributed by atoms with Crippen molar-refractivity contribution in [2.45, 2.75) is 6.42 Å². The third-order valence-corrected chi connectivity index (χ3v) is 4.19. The predicted octanol–water partition coefficient (Wildman–Crippen LogP) is 3.64. The Morgan fingerprint density at radius 2 is 2.19 bits per heavy atom. The van der Waals surface area contributed by atoms with Crippen molar-refractivity contribution in [3.05, 3.63) is 64.3 Å². The molecule has 1 heterocycles. The van der Waals surface area contributed by atoms with E-state index in [2.05, 4.69) is 37.4 Å². The van der Waals surface area contributed by atoms with Crippen LogP contribution in [0.5, 0.6) is 5.75 Å². The fourth-order valence-electron chi connectivity index (χ4n) is 2.54. The molecule has 1 aromatic heterocycles. The minimum Gasteiger partial charge on any atom is -0.480 e. The minimum absolute atomic E-state index is 0.162. The SMILES string of the molecule is C#CCOc1ccc(Br)cc1/C=N/NC(=O)Cc1c[nH]c2ccccc12. The molecule has 0 spiro atoms. The van der Waals surface area contributed by atoms with Crippen LogP contribution in [0.25, 0.3) is 10.9 Å². The van der Waals surface area contributed by atoms with Crippen LogP contribution >= 0.6 is 15.9 Å². The normalized spacial score (nSPS) is 10.8. The Morgan fingerprint density at radius 3 is 3.04 bits per heavy atom. The molecule has 2 N–H and O–H groups in total. The van der Waals surface area contributed by atoms with Gasteiger partial charge >= 0.3 is 0 Å². The summed E-state index contributed by atoms with van der Waals surface area (Å²) in [5.41, 5.74) is 5.18. The highest BCUT2D eigenvalue weighted by Crippen LogP contribution is 2.22.